The lowest BCUT2D eigenvalue weighted by molar-refractivity contribution is -0.148. The summed E-state index contributed by atoms with van der Waals surface area (Å²) in [6.07, 6.45) is 2.05. The highest BCUT2D eigenvalue weighted by atomic mass is 16.5. The van der Waals surface area contributed by atoms with Crippen molar-refractivity contribution in [2.24, 2.45) is 5.73 Å². The van der Waals surface area contributed by atoms with Crippen LogP contribution < -0.4 is 11.1 Å². The fraction of sp³-hybridized carbons (Fsp3) is 0.818. The number of hydrogen-bond acceptors (Lipinski definition) is 4. The summed E-state index contributed by atoms with van der Waals surface area (Å²) in [6.45, 7) is 1.85. The fourth-order valence-corrected chi connectivity index (χ4v) is 1.85. The molecule has 0 aliphatic carbocycles. The Morgan fingerprint density at radius 1 is 1.47 bits per heavy atom. The number of carbonyl (C=O) groups is 2. The molecule has 0 bridgehead atoms. The van der Waals surface area contributed by atoms with E-state index in [1.807, 2.05) is 0 Å². The van der Waals surface area contributed by atoms with E-state index in [2.05, 4.69) is 5.32 Å². The van der Waals surface area contributed by atoms with Crippen LogP contribution in [0.2, 0.25) is 0 Å². The van der Waals surface area contributed by atoms with Crippen molar-refractivity contribution < 1.29 is 14.3 Å². The van der Waals surface area contributed by atoms with Crippen molar-refractivity contribution in [1.29, 1.82) is 0 Å². The molecule has 1 fully saturated rings. The van der Waals surface area contributed by atoms with Crippen LogP contribution in [0.4, 0.5) is 0 Å². The number of hydrogen-bond donors (Lipinski definition) is 2. The molecule has 1 atom stereocenters. The molecule has 0 aromatic carbocycles. The van der Waals surface area contributed by atoms with Gasteiger partial charge in [-0.05, 0) is 19.4 Å². The molecule has 1 saturated heterocycles. The zero-order chi connectivity index (χ0) is 12.7. The minimum absolute atomic E-state index is 0.00958. The highest BCUT2D eigenvalue weighted by Crippen LogP contribution is 2.10. The minimum Gasteiger partial charge on any atom is -0.377 e. The van der Waals surface area contributed by atoms with Gasteiger partial charge in [0.15, 0.2) is 0 Å². The van der Waals surface area contributed by atoms with Crippen LogP contribution >= 0.6 is 0 Å². The first-order chi connectivity index (χ1) is 8.20. The van der Waals surface area contributed by atoms with Crippen molar-refractivity contribution in [3.8, 4) is 0 Å². The number of morpholine rings is 1. The van der Waals surface area contributed by atoms with Crippen molar-refractivity contribution in [2.45, 2.75) is 25.3 Å². The predicted molar refractivity (Wildman–Crippen MR) is 63.3 cm³/mol. The standard InChI is InChI=1S/C11H21N3O3/c1-13-11(16)9-8-17-7-6-14(9)10(15)4-2-3-5-12/h9H,2-8,12H2,1H3,(H,13,16). The quantitative estimate of drug-likeness (QED) is 0.612. The van der Waals surface area contributed by atoms with Gasteiger partial charge >= 0.3 is 0 Å². The van der Waals surface area contributed by atoms with E-state index in [1.165, 1.54) is 0 Å². The fourth-order valence-electron chi connectivity index (χ4n) is 1.85. The average molecular weight is 243 g/mol. The number of nitrogens with one attached hydrogen (secondary N) is 1. The zero-order valence-corrected chi connectivity index (χ0v) is 10.3. The maximum atomic E-state index is 12.0. The Hall–Kier alpha value is -1.14. The summed E-state index contributed by atoms with van der Waals surface area (Å²) in [4.78, 5) is 25.2. The van der Waals surface area contributed by atoms with E-state index in [0.29, 0.717) is 26.1 Å². The van der Waals surface area contributed by atoms with Gasteiger partial charge in [0, 0.05) is 20.0 Å². The molecular formula is C11H21N3O3. The summed E-state index contributed by atoms with van der Waals surface area (Å²) in [7, 11) is 1.56. The number of amides is 2. The highest BCUT2D eigenvalue weighted by molar-refractivity contribution is 5.87. The third kappa shape index (κ3) is 3.98. The zero-order valence-electron chi connectivity index (χ0n) is 10.3. The monoisotopic (exact) mass is 243 g/mol. The van der Waals surface area contributed by atoms with Gasteiger partial charge in [-0.2, -0.15) is 0 Å². The van der Waals surface area contributed by atoms with Crippen molar-refractivity contribution >= 4 is 11.8 Å². The maximum Gasteiger partial charge on any atom is 0.244 e. The molecule has 0 spiro atoms. The maximum absolute atomic E-state index is 12.0. The van der Waals surface area contributed by atoms with E-state index in [0.717, 1.165) is 12.8 Å². The third-order valence-corrected chi connectivity index (χ3v) is 2.84. The molecule has 0 radical (unpaired) electrons. The minimum atomic E-state index is -0.487. The van der Waals surface area contributed by atoms with Crippen LogP contribution in [-0.4, -0.2) is 56.1 Å². The van der Waals surface area contributed by atoms with Gasteiger partial charge in [-0.3, -0.25) is 9.59 Å². The lowest BCUT2D eigenvalue weighted by Gasteiger charge is -2.34. The lowest BCUT2D eigenvalue weighted by atomic mass is 10.1. The Balaban J connectivity index is 2.52. The van der Waals surface area contributed by atoms with E-state index in [4.69, 9.17) is 10.5 Å². The molecule has 1 aliphatic heterocycles. The van der Waals surface area contributed by atoms with Crippen LogP contribution in [0.25, 0.3) is 0 Å². The second kappa shape index (κ2) is 7.24. The Morgan fingerprint density at radius 2 is 2.24 bits per heavy atom. The number of rotatable bonds is 5. The van der Waals surface area contributed by atoms with Crippen LogP contribution in [0.1, 0.15) is 19.3 Å². The molecule has 2 amide bonds. The molecule has 0 aromatic heterocycles. The van der Waals surface area contributed by atoms with Crippen LogP contribution in [0.5, 0.6) is 0 Å². The third-order valence-electron chi connectivity index (χ3n) is 2.84. The Kier molecular flexibility index (Phi) is 5.93. The molecule has 6 heteroatoms. The van der Waals surface area contributed by atoms with Gasteiger partial charge in [0.05, 0.1) is 13.2 Å². The van der Waals surface area contributed by atoms with Crippen LogP contribution in [-0.2, 0) is 14.3 Å². The van der Waals surface area contributed by atoms with Gasteiger partial charge in [-0.25, -0.2) is 0 Å². The van der Waals surface area contributed by atoms with E-state index in [-0.39, 0.29) is 18.4 Å². The SMILES string of the molecule is CNC(=O)C1COCCN1C(=O)CCCCN. The summed E-state index contributed by atoms with van der Waals surface area (Å²) in [6, 6.07) is -0.487. The highest BCUT2D eigenvalue weighted by Gasteiger charge is 2.31. The number of nitrogens with zero attached hydrogens (tertiary/aromatic N) is 1. The molecule has 1 aliphatic rings. The first-order valence-corrected chi connectivity index (χ1v) is 5.99. The van der Waals surface area contributed by atoms with Crippen molar-refractivity contribution in [1.82, 2.24) is 10.2 Å². The van der Waals surface area contributed by atoms with Crippen molar-refractivity contribution in [3.63, 3.8) is 0 Å². The molecule has 6 nitrogen and oxygen atoms in total. The van der Waals surface area contributed by atoms with E-state index >= 15 is 0 Å². The predicted octanol–water partition coefficient (Wildman–Crippen LogP) is -0.911. The average Bonchev–Trinajstić information content (AvgIpc) is 2.38. The number of ether oxygens (including phenoxy) is 1. The first kappa shape index (κ1) is 13.9. The van der Waals surface area contributed by atoms with Gasteiger partial charge in [-0.1, -0.05) is 0 Å². The largest absolute Gasteiger partial charge is 0.377 e. The molecule has 0 aromatic rings. The van der Waals surface area contributed by atoms with E-state index in [9.17, 15) is 9.59 Å². The van der Waals surface area contributed by atoms with Crippen LogP contribution in [0, 0.1) is 0 Å². The molecule has 17 heavy (non-hydrogen) atoms. The van der Waals surface area contributed by atoms with Crippen LogP contribution in [0.15, 0.2) is 0 Å². The summed E-state index contributed by atoms with van der Waals surface area (Å²) in [5, 5.41) is 2.55. The summed E-state index contributed by atoms with van der Waals surface area (Å²) in [5.41, 5.74) is 5.38. The van der Waals surface area contributed by atoms with Gasteiger partial charge in [-0.15, -0.1) is 0 Å². The molecule has 1 heterocycles. The molecule has 1 rings (SSSR count). The van der Waals surface area contributed by atoms with Crippen molar-refractivity contribution in [2.75, 3.05) is 33.4 Å². The summed E-state index contributed by atoms with van der Waals surface area (Å²) < 4.78 is 5.24. The van der Waals surface area contributed by atoms with Gasteiger partial charge < -0.3 is 20.7 Å². The summed E-state index contributed by atoms with van der Waals surface area (Å²) >= 11 is 0. The Labute approximate surface area is 101 Å². The Bertz CT molecular complexity index is 271. The van der Waals surface area contributed by atoms with Crippen LogP contribution in [0.3, 0.4) is 0 Å². The molecule has 1 unspecified atom stereocenters. The van der Waals surface area contributed by atoms with Gasteiger partial charge in [0.2, 0.25) is 11.8 Å². The number of unbranched alkanes of at least 4 members (excludes halogenated alkanes) is 1. The summed E-state index contributed by atoms with van der Waals surface area (Å²) in [5.74, 6) is -0.160. The lowest BCUT2D eigenvalue weighted by Crippen LogP contribution is -2.55. The Morgan fingerprint density at radius 3 is 2.88 bits per heavy atom. The molecular weight excluding hydrogens is 222 g/mol. The van der Waals surface area contributed by atoms with Crippen molar-refractivity contribution in [3.05, 3.63) is 0 Å². The second-order valence-corrected chi connectivity index (χ2v) is 4.04. The smallest absolute Gasteiger partial charge is 0.244 e. The normalized spacial score (nSPS) is 20.1. The van der Waals surface area contributed by atoms with E-state index in [1.54, 1.807) is 11.9 Å². The first-order valence-electron chi connectivity index (χ1n) is 5.99. The van der Waals surface area contributed by atoms with Gasteiger partial charge in [0.25, 0.3) is 0 Å². The number of nitrogens with two attached hydrogens (primary N) is 1. The topological polar surface area (TPSA) is 84.7 Å². The molecule has 3 N–H and O–H groups in total. The molecule has 0 saturated carbocycles. The van der Waals surface area contributed by atoms with E-state index < -0.39 is 6.04 Å². The number of carbonyl (C=O) groups excluding carboxylic acids is 2. The van der Waals surface area contributed by atoms with Gasteiger partial charge in [0.1, 0.15) is 6.04 Å². The molecule has 98 valence electrons. The number of likely N-dealkylation sites (N-methyl/N-ethyl adjacent to an activating group) is 1. The second-order valence-electron chi connectivity index (χ2n) is 4.04.